The second kappa shape index (κ2) is 4.74. The lowest BCUT2D eigenvalue weighted by Crippen LogP contribution is -2.39. The zero-order valence-electron chi connectivity index (χ0n) is 10.2. The van der Waals surface area contributed by atoms with Gasteiger partial charge >= 0.3 is 0 Å². The van der Waals surface area contributed by atoms with E-state index in [2.05, 4.69) is 36.2 Å². The van der Waals surface area contributed by atoms with Gasteiger partial charge in [0.2, 0.25) is 0 Å². The molecule has 1 aromatic rings. The normalized spacial score (nSPS) is 20.4. The lowest BCUT2D eigenvalue weighted by molar-refractivity contribution is 0.543. The molecule has 0 saturated heterocycles. The molecule has 3 N–H and O–H groups in total. The number of nitrogens with one attached hydrogen (secondary N) is 1. The Labute approximate surface area is 97.6 Å². The molecule has 1 aromatic carbocycles. The Morgan fingerprint density at radius 2 is 2.25 bits per heavy atom. The van der Waals surface area contributed by atoms with Crippen molar-refractivity contribution in [3.05, 3.63) is 23.8 Å². The Bertz CT molecular complexity index is 362. The quantitative estimate of drug-likeness (QED) is 0.747. The van der Waals surface area contributed by atoms with Crippen LogP contribution in [0, 0.1) is 0 Å². The van der Waals surface area contributed by atoms with E-state index in [1.165, 1.54) is 11.3 Å². The van der Waals surface area contributed by atoms with Crippen molar-refractivity contribution in [2.24, 2.45) is 0 Å². The number of likely N-dealkylation sites (N-methyl/N-ethyl adjacent to an activating group) is 1. The van der Waals surface area contributed by atoms with Gasteiger partial charge in [-0.25, -0.2) is 0 Å². The van der Waals surface area contributed by atoms with E-state index >= 15 is 0 Å². The second-order valence-corrected chi connectivity index (χ2v) is 4.37. The highest BCUT2D eigenvalue weighted by Crippen LogP contribution is 2.27. The van der Waals surface area contributed by atoms with Crippen LogP contribution in [0.1, 0.15) is 25.8 Å². The molecule has 1 atom stereocenters. The van der Waals surface area contributed by atoms with Gasteiger partial charge in [-0.05, 0) is 31.0 Å². The van der Waals surface area contributed by atoms with E-state index in [0.717, 1.165) is 31.7 Å². The maximum absolute atomic E-state index is 5.89. The first-order chi connectivity index (χ1) is 7.76. The van der Waals surface area contributed by atoms with Gasteiger partial charge < -0.3 is 16.0 Å². The summed E-state index contributed by atoms with van der Waals surface area (Å²) < 4.78 is 0. The minimum Gasteiger partial charge on any atom is -0.399 e. The average molecular weight is 219 g/mol. The third-order valence-corrected chi connectivity index (χ3v) is 3.37. The predicted octanol–water partition coefficient (Wildman–Crippen LogP) is 1.98. The molecule has 1 heterocycles. The van der Waals surface area contributed by atoms with Crippen LogP contribution in [0.3, 0.4) is 0 Å². The fraction of sp³-hybridized carbons (Fsp3) is 0.538. The van der Waals surface area contributed by atoms with Crippen LogP contribution < -0.4 is 16.0 Å². The highest BCUT2D eigenvalue weighted by molar-refractivity contribution is 5.62. The van der Waals surface area contributed by atoms with Gasteiger partial charge in [-0.3, -0.25) is 0 Å². The van der Waals surface area contributed by atoms with E-state index in [1.54, 1.807) is 0 Å². The number of rotatable bonds is 2. The number of fused-ring (bicyclic) bond motifs is 1. The van der Waals surface area contributed by atoms with Crippen molar-refractivity contribution >= 4 is 11.4 Å². The summed E-state index contributed by atoms with van der Waals surface area (Å²) >= 11 is 0. The Morgan fingerprint density at radius 1 is 1.44 bits per heavy atom. The number of benzene rings is 1. The molecule has 0 amide bonds. The largest absolute Gasteiger partial charge is 0.399 e. The van der Waals surface area contributed by atoms with Crippen LogP contribution >= 0.6 is 0 Å². The Morgan fingerprint density at radius 3 is 2.94 bits per heavy atom. The van der Waals surface area contributed by atoms with Gasteiger partial charge in [-0.1, -0.05) is 13.0 Å². The summed E-state index contributed by atoms with van der Waals surface area (Å²) in [6.07, 6.45) is 1.16. The van der Waals surface area contributed by atoms with Crippen molar-refractivity contribution in [3.8, 4) is 0 Å². The third kappa shape index (κ3) is 2.00. The molecule has 0 aromatic heterocycles. The molecule has 2 rings (SSSR count). The van der Waals surface area contributed by atoms with Gasteiger partial charge in [-0.2, -0.15) is 0 Å². The molecule has 0 bridgehead atoms. The van der Waals surface area contributed by atoms with Crippen molar-refractivity contribution in [1.82, 2.24) is 5.32 Å². The lowest BCUT2D eigenvalue weighted by atomic mass is 10.1. The van der Waals surface area contributed by atoms with Gasteiger partial charge in [0, 0.05) is 37.1 Å². The molecule has 3 nitrogen and oxygen atoms in total. The molecule has 88 valence electrons. The Kier molecular flexibility index (Phi) is 3.34. The van der Waals surface area contributed by atoms with Crippen molar-refractivity contribution in [2.45, 2.75) is 32.9 Å². The molecule has 0 saturated carbocycles. The van der Waals surface area contributed by atoms with Crippen LogP contribution in [0.15, 0.2) is 18.2 Å². The van der Waals surface area contributed by atoms with Gasteiger partial charge in [0.15, 0.2) is 0 Å². The monoisotopic (exact) mass is 219 g/mol. The van der Waals surface area contributed by atoms with Crippen molar-refractivity contribution in [3.63, 3.8) is 0 Å². The van der Waals surface area contributed by atoms with Gasteiger partial charge in [-0.15, -0.1) is 0 Å². The fourth-order valence-corrected chi connectivity index (χ4v) is 2.47. The summed E-state index contributed by atoms with van der Waals surface area (Å²) in [7, 11) is 0. The van der Waals surface area contributed by atoms with Crippen molar-refractivity contribution < 1.29 is 0 Å². The average Bonchev–Trinajstić information content (AvgIpc) is 2.46. The van der Waals surface area contributed by atoms with Crippen LogP contribution in [0.4, 0.5) is 11.4 Å². The van der Waals surface area contributed by atoms with Crippen LogP contribution in [0.2, 0.25) is 0 Å². The number of nitrogen functional groups attached to an aromatic ring is 1. The standard InChI is InChI=1S/C13H21N3/c1-3-12-9-15-8-10-5-6-11(14)7-13(10)16(12)4-2/h5-7,12,15H,3-4,8-9,14H2,1-2H3. The summed E-state index contributed by atoms with van der Waals surface area (Å²) in [6.45, 7) is 7.49. The zero-order valence-corrected chi connectivity index (χ0v) is 10.2. The molecule has 0 radical (unpaired) electrons. The van der Waals surface area contributed by atoms with Gasteiger partial charge in [0.05, 0.1) is 0 Å². The summed E-state index contributed by atoms with van der Waals surface area (Å²) in [5.41, 5.74) is 9.40. The lowest BCUT2D eigenvalue weighted by Gasteiger charge is -2.31. The summed E-state index contributed by atoms with van der Waals surface area (Å²) in [5.74, 6) is 0. The molecule has 1 aliphatic rings. The topological polar surface area (TPSA) is 41.3 Å². The van der Waals surface area contributed by atoms with Crippen LogP contribution in [0.5, 0.6) is 0 Å². The molecule has 0 spiro atoms. The van der Waals surface area contributed by atoms with E-state index in [9.17, 15) is 0 Å². The number of hydrogen-bond donors (Lipinski definition) is 2. The zero-order chi connectivity index (χ0) is 11.5. The molecular weight excluding hydrogens is 198 g/mol. The maximum Gasteiger partial charge on any atom is 0.0435 e. The minimum atomic E-state index is 0.577. The first kappa shape index (κ1) is 11.3. The van der Waals surface area contributed by atoms with Crippen LogP contribution in [-0.4, -0.2) is 19.1 Å². The Hall–Kier alpha value is -1.22. The van der Waals surface area contributed by atoms with Gasteiger partial charge in [0.1, 0.15) is 0 Å². The smallest absolute Gasteiger partial charge is 0.0435 e. The van der Waals surface area contributed by atoms with E-state index < -0.39 is 0 Å². The summed E-state index contributed by atoms with van der Waals surface area (Å²) in [6, 6.07) is 6.81. The first-order valence-corrected chi connectivity index (χ1v) is 6.12. The van der Waals surface area contributed by atoms with Crippen molar-refractivity contribution in [2.75, 3.05) is 23.7 Å². The van der Waals surface area contributed by atoms with E-state index in [0.29, 0.717) is 6.04 Å². The Balaban J connectivity index is 2.42. The van der Waals surface area contributed by atoms with Crippen LogP contribution in [0.25, 0.3) is 0 Å². The molecule has 3 heteroatoms. The summed E-state index contributed by atoms with van der Waals surface area (Å²) in [4.78, 5) is 2.46. The summed E-state index contributed by atoms with van der Waals surface area (Å²) in [5, 5.41) is 3.51. The molecular formula is C13H21N3. The molecule has 1 aliphatic heterocycles. The molecule has 1 unspecified atom stereocenters. The van der Waals surface area contributed by atoms with Crippen LogP contribution in [-0.2, 0) is 6.54 Å². The molecule has 16 heavy (non-hydrogen) atoms. The third-order valence-electron chi connectivity index (χ3n) is 3.37. The van der Waals surface area contributed by atoms with E-state index in [1.807, 2.05) is 6.07 Å². The maximum atomic E-state index is 5.89. The molecule has 0 fully saturated rings. The highest BCUT2D eigenvalue weighted by Gasteiger charge is 2.21. The minimum absolute atomic E-state index is 0.577. The number of nitrogens with two attached hydrogens (primary N) is 1. The van der Waals surface area contributed by atoms with Gasteiger partial charge in [0.25, 0.3) is 0 Å². The fourth-order valence-electron chi connectivity index (χ4n) is 2.47. The number of hydrogen-bond acceptors (Lipinski definition) is 3. The molecule has 0 aliphatic carbocycles. The van der Waals surface area contributed by atoms with E-state index in [-0.39, 0.29) is 0 Å². The highest BCUT2D eigenvalue weighted by atomic mass is 15.2. The first-order valence-electron chi connectivity index (χ1n) is 6.12. The van der Waals surface area contributed by atoms with Crippen molar-refractivity contribution in [1.29, 1.82) is 0 Å². The van der Waals surface area contributed by atoms with E-state index in [4.69, 9.17) is 5.73 Å². The number of anilines is 2. The SMILES string of the molecule is CCC1CNCc2ccc(N)cc2N1CC. The predicted molar refractivity (Wildman–Crippen MR) is 69.7 cm³/mol. The second-order valence-electron chi connectivity index (χ2n) is 4.37. The number of nitrogens with zero attached hydrogens (tertiary/aromatic N) is 1.